The third-order valence-electron chi connectivity index (χ3n) is 4.11. The topological polar surface area (TPSA) is 47.1 Å². The molecule has 1 saturated carbocycles. The van der Waals surface area contributed by atoms with Crippen molar-refractivity contribution in [2.24, 2.45) is 5.73 Å². The van der Waals surface area contributed by atoms with Crippen molar-refractivity contribution in [2.45, 2.75) is 52.4 Å². The van der Waals surface area contributed by atoms with Gasteiger partial charge >= 0.3 is 0 Å². The van der Waals surface area contributed by atoms with Gasteiger partial charge in [-0.05, 0) is 50.5 Å². The van der Waals surface area contributed by atoms with Gasteiger partial charge in [0.05, 0.1) is 17.9 Å². The van der Waals surface area contributed by atoms with E-state index >= 15 is 0 Å². The molecule has 1 aromatic heterocycles. The van der Waals surface area contributed by atoms with Crippen LogP contribution in [-0.2, 0) is 19.6 Å². The minimum absolute atomic E-state index is 0.603. The van der Waals surface area contributed by atoms with E-state index in [4.69, 9.17) is 5.73 Å². The molecule has 0 radical (unpaired) electrons. The van der Waals surface area contributed by atoms with Gasteiger partial charge in [-0.2, -0.15) is 5.10 Å². The summed E-state index contributed by atoms with van der Waals surface area (Å²) in [5.41, 5.74) is 10.6. The van der Waals surface area contributed by atoms with E-state index in [1.807, 2.05) is 0 Å². The van der Waals surface area contributed by atoms with Crippen LogP contribution in [0, 0.1) is 6.92 Å². The van der Waals surface area contributed by atoms with E-state index in [1.54, 1.807) is 0 Å². The summed E-state index contributed by atoms with van der Waals surface area (Å²) in [5, 5.41) is 4.56. The molecule has 112 valence electrons. The highest BCUT2D eigenvalue weighted by molar-refractivity contribution is 5.50. The summed E-state index contributed by atoms with van der Waals surface area (Å²) in [4.78, 5) is 2.50. The predicted octanol–water partition coefficient (Wildman–Crippen LogP) is 2.84. The molecule has 4 nitrogen and oxygen atoms in total. The summed E-state index contributed by atoms with van der Waals surface area (Å²) in [6.45, 7) is 6.67. The van der Waals surface area contributed by atoms with E-state index in [0.29, 0.717) is 12.6 Å². The zero-order valence-electron chi connectivity index (χ0n) is 12.9. The van der Waals surface area contributed by atoms with Crippen molar-refractivity contribution >= 4 is 5.69 Å². The molecule has 0 spiro atoms. The first-order chi connectivity index (χ1) is 10.2. The number of rotatable bonds is 6. The van der Waals surface area contributed by atoms with Crippen LogP contribution in [0.5, 0.6) is 0 Å². The highest BCUT2D eigenvalue weighted by Crippen LogP contribution is 2.33. The minimum atomic E-state index is 0.603. The number of nitrogens with two attached hydrogens (primary N) is 1. The summed E-state index contributed by atoms with van der Waals surface area (Å²) in [6, 6.07) is 11.5. The largest absolute Gasteiger partial charge is 0.363 e. The molecule has 0 saturated heterocycles. The summed E-state index contributed by atoms with van der Waals surface area (Å²) in [6.07, 6.45) is 2.58. The molecule has 2 N–H and O–H groups in total. The van der Waals surface area contributed by atoms with Crippen LogP contribution in [0.4, 0.5) is 5.69 Å². The van der Waals surface area contributed by atoms with E-state index in [-0.39, 0.29) is 0 Å². The normalized spacial score (nSPS) is 14.4. The van der Waals surface area contributed by atoms with Crippen molar-refractivity contribution in [3.8, 4) is 0 Å². The summed E-state index contributed by atoms with van der Waals surface area (Å²) < 4.78 is 2.11. The first-order valence-corrected chi connectivity index (χ1v) is 7.80. The van der Waals surface area contributed by atoms with E-state index in [2.05, 4.69) is 58.9 Å². The number of hydrogen-bond acceptors (Lipinski definition) is 3. The second-order valence-corrected chi connectivity index (χ2v) is 5.82. The maximum absolute atomic E-state index is 5.69. The number of nitrogens with zero attached hydrogens (tertiary/aromatic N) is 3. The Balaban J connectivity index is 1.84. The molecular formula is C17H24N4. The van der Waals surface area contributed by atoms with Gasteiger partial charge in [-0.15, -0.1) is 0 Å². The molecule has 0 unspecified atom stereocenters. The zero-order chi connectivity index (χ0) is 14.8. The number of anilines is 1. The molecule has 0 amide bonds. The second-order valence-electron chi connectivity index (χ2n) is 5.82. The number of aryl methyl sites for hydroxylation is 2. The van der Waals surface area contributed by atoms with Crippen LogP contribution >= 0.6 is 0 Å². The van der Waals surface area contributed by atoms with E-state index < -0.39 is 0 Å². The molecule has 0 atom stereocenters. The molecule has 3 rings (SSSR count). The Morgan fingerprint density at radius 2 is 2.00 bits per heavy atom. The monoisotopic (exact) mass is 284 g/mol. The molecule has 1 aromatic carbocycles. The van der Waals surface area contributed by atoms with Crippen molar-refractivity contribution in [2.75, 3.05) is 4.90 Å². The lowest BCUT2D eigenvalue weighted by molar-refractivity contribution is 0.604. The van der Waals surface area contributed by atoms with Gasteiger partial charge in [0.25, 0.3) is 0 Å². The molecule has 0 bridgehead atoms. The van der Waals surface area contributed by atoms with Crippen LogP contribution in [0.2, 0.25) is 0 Å². The van der Waals surface area contributed by atoms with Crippen LogP contribution in [0.25, 0.3) is 0 Å². The first kappa shape index (κ1) is 14.1. The Hall–Kier alpha value is -1.81. The summed E-state index contributed by atoms with van der Waals surface area (Å²) in [5.74, 6) is 0. The van der Waals surface area contributed by atoms with E-state index in [9.17, 15) is 0 Å². The van der Waals surface area contributed by atoms with Gasteiger partial charge < -0.3 is 10.6 Å². The van der Waals surface area contributed by atoms with Gasteiger partial charge in [0.2, 0.25) is 0 Å². The standard InChI is InChI=1S/C17H24N4/c1-3-21-17(10-13(2)19-21)12-20(16-8-9-16)15-6-4-14(11-18)5-7-15/h4-7,10,16H,3,8-9,11-12,18H2,1-2H3. The fourth-order valence-electron chi connectivity index (χ4n) is 2.82. The smallest absolute Gasteiger partial charge is 0.0602 e. The van der Waals surface area contributed by atoms with Gasteiger partial charge in [-0.25, -0.2) is 0 Å². The first-order valence-electron chi connectivity index (χ1n) is 7.80. The Labute approximate surface area is 126 Å². The molecular weight excluding hydrogens is 260 g/mol. The highest BCUT2D eigenvalue weighted by Gasteiger charge is 2.30. The quantitative estimate of drug-likeness (QED) is 0.887. The Morgan fingerprint density at radius 1 is 1.29 bits per heavy atom. The fraction of sp³-hybridized carbons (Fsp3) is 0.471. The molecule has 1 heterocycles. The van der Waals surface area contributed by atoms with E-state index in [0.717, 1.165) is 18.8 Å². The third kappa shape index (κ3) is 3.10. The van der Waals surface area contributed by atoms with Crippen LogP contribution in [0.1, 0.15) is 36.7 Å². The van der Waals surface area contributed by atoms with Crippen LogP contribution in [0.15, 0.2) is 30.3 Å². The summed E-state index contributed by atoms with van der Waals surface area (Å²) >= 11 is 0. The van der Waals surface area contributed by atoms with Crippen LogP contribution in [0.3, 0.4) is 0 Å². The maximum Gasteiger partial charge on any atom is 0.0602 e. The Morgan fingerprint density at radius 3 is 2.57 bits per heavy atom. The predicted molar refractivity (Wildman–Crippen MR) is 86.2 cm³/mol. The molecule has 0 aliphatic heterocycles. The van der Waals surface area contributed by atoms with Gasteiger partial charge in [-0.1, -0.05) is 12.1 Å². The maximum atomic E-state index is 5.69. The number of aromatic nitrogens is 2. The second kappa shape index (κ2) is 5.90. The minimum Gasteiger partial charge on any atom is -0.363 e. The number of hydrogen-bond donors (Lipinski definition) is 1. The molecule has 21 heavy (non-hydrogen) atoms. The Bertz CT molecular complexity index is 596. The van der Waals surface area contributed by atoms with Gasteiger partial charge in [0.15, 0.2) is 0 Å². The molecule has 1 aliphatic rings. The molecule has 4 heteroatoms. The SMILES string of the molecule is CCn1nc(C)cc1CN(c1ccc(CN)cc1)C1CC1. The molecule has 1 fully saturated rings. The lowest BCUT2D eigenvalue weighted by Crippen LogP contribution is -2.26. The summed E-state index contributed by atoms with van der Waals surface area (Å²) in [7, 11) is 0. The van der Waals surface area contributed by atoms with E-state index in [1.165, 1.54) is 29.8 Å². The van der Waals surface area contributed by atoms with Crippen molar-refractivity contribution in [1.29, 1.82) is 0 Å². The lowest BCUT2D eigenvalue weighted by Gasteiger charge is -2.25. The average Bonchev–Trinajstić information content (AvgIpc) is 3.28. The average molecular weight is 284 g/mol. The highest BCUT2D eigenvalue weighted by atomic mass is 15.3. The van der Waals surface area contributed by atoms with Gasteiger partial charge in [0.1, 0.15) is 0 Å². The third-order valence-corrected chi connectivity index (χ3v) is 4.11. The van der Waals surface area contributed by atoms with Gasteiger partial charge in [-0.3, -0.25) is 4.68 Å². The van der Waals surface area contributed by atoms with Crippen molar-refractivity contribution in [3.63, 3.8) is 0 Å². The number of benzene rings is 1. The molecule has 1 aliphatic carbocycles. The lowest BCUT2D eigenvalue weighted by atomic mass is 10.2. The fourth-order valence-corrected chi connectivity index (χ4v) is 2.82. The van der Waals surface area contributed by atoms with Crippen molar-refractivity contribution < 1.29 is 0 Å². The van der Waals surface area contributed by atoms with Crippen molar-refractivity contribution in [3.05, 3.63) is 47.3 Å². The van der Waals surface area contributed by atoms with Gasteiger partial charge in [0, 0.05) is 24.8 Å². The molecule has 2 aromatic rings. The van der Waals surface area contributed by atoms with Crippen LogP contribution in [-0.4, -0.2) is 15.8 Å². The Kier molecular flexibility index (Phi) is 3.97. The van der Waals surface area contributed by atoms with Crippen LogP contribution < -0.4 is 10.6 Å². The zero-order valence-corrected chi connectivity index (χ0v) is 12.9. The van der Waals surface area contributed by atoms with Crippen molar-refractivity contribution in [1.82, 2.24) is 9.78 Å².